The molecular formula is C14H25N3. The minimum absolute atomic E-state index is 0.590. The van der Waals surface area contributed by atoms with Crippen molar-refractivity contribution in [2.24, 2.45) is 5.92 Å². The van der Waals surface area contributed by atoms with Gasteiger partial charge in [0, 0.05) is 12.7 Å². The van der Waals surface area contributed by atoms with Gasteiger partial charge in [0.05, 0.1) is 5.69 Å². The number of anilines is 2. The summed E-state index contributed by atoms with van der Waals surface area (Å²) in [7, 11) is 0. The van der Waals surface area contributed by atoms with Crippen LogP contribution in [0.5, 0.6) is 0 Å². The second kappa shape index (κ2) is 7.93. The summed E-state index contributed by atoms with van der Waals surface area (Å²) < 4.78 is 0. The number of rotatable bonds is 8. The van der Waals surface area contributed by atoms with E-state index in [9.17, 15) is 0 Å². The van der Waals surface area contributed by atoms with Crippen molar-refractivity contribution in [3.8, 4) is 0 Å². The van der Waals surface area contributed by atoms with Crippen molar-refractivity contribution >= 4 is 11.5 Å². The maximum atomic E-state index is 5.74. The highest BCUT2D eigenvalue weighted by atomic mass is 14.9. The van der Waals surface area contributed by atoms with Crippen LogP contribution in [-0.2, 0) is 0 Å². The molecule has 3 nitrogen and oxygen atoms in total. The Bertz CT molecular complexity index is 310. The fourth-order valence-corrected chi connectivity index (χ4v) is 1.82. The van der Waals surface area contributed by atoms with Crippen LogP contribution >= 0.6 is 0 Å². The SMILES string of the molecule is CC(C)CCCCCCNc1cccnc1N. The van der Waals surface area contributed by atoms with Crippen molar-refractivity contribution < 1.29 is 0 Å². The van der Waals surface area contributed by atoms with E-state index < -0.39 is 0 Å². The van der Waals surface area contributed by atoms with Gasteiger partial charge in [-0.1, -0.05) is 39.5 Å². The van der Waals surface area contributed by atoms with Crippen LogP contribution in [-0.4, -0.2) is 11.5 Å². The van der Waals surface area contributed by atoms with E-state index in [-0.39, 0.29) is 0 Å². The summed E-state index contributed by atoms with van der Waals surface area (Å²) in [6, 6.07) is 3.88. The van der Waals surface area contributed by atoms with E-state index >= 15 is 0 Å². The summed E-state index contributed by atoms with van der Waals surface area (Å²) in [5.74, 6) is 1.43. The van der Waals surface area contributed by atoms with Crippen molar-refractivity contribution in [1.29, 1.82) is 0 Å². The molecule has 0 unspecified atom stereocenters. The Morgan fingerprint density at radius 1 is 1.24 bits per heavy atom. The standard InChI is InChI=1S/C14H25N3/c1-12(2)8-5-3-4-6-10-16-13-9-7-11-17-14(13)15/h7,9,11-12,16H,3-6,8,10H2,1-2H3,(H2,15,17). The zero-order chi connectivity index (χ0) is 12.5. The summed E-state index contributed by atoms with van der Waals surface area (Å²) in [6.45, 7) is 5.55. The Morgan fingerprint density at radius 2 is 2.00 bits per heavy atom. The second-order valence-corrected chi connectivity index (χ2v) is 4.96. The monoisotopic (exact) mass is 235 g/mol. The lowest BCUT2D eigenvalue weighted by atomic mass is 10.0. The highest BCUT2D eigenvalue weighted by Crippen LogP contribution is 2.14. The fraction of sp³-hybridized carbons (Fsp3) is 0.643. The predicted molar refractivity (Wildman–Crippen MR) is 75.1 cm³/mol. The van der Waals surface area contributed by atoms with Gasteiger partial charge in [-0.25, -0.2) is 4.98 Å². The molecule has 96 valence electrons. The first kappa shape index (κ1) is 13.8. The predicted octanol–water partition coefficient (Wildman–Crippen LogP) is 3.68. The number of aromatic nitrogens is 1. The summed E-state index contributed by atoms with van der Waals surface area (Å²) in [6.07, 6.45) is 8.25. The zero-order valence-corrected chi connectivity index (χ0v) is 11.1. The largest absolute Gasteiger partial charge is 0.382 e. The smallest absolute Gasteiger partial charge is 0.146 e. The molecule has 0 aliphatic heterocycles. The zero-order valence-electron chi connectivity index (χ0n) is 11.1. The van der Waals surface area contributed by atoms with Gasteiger partial charge in [0.1, 0.15) is 5.82 Å². The normalized spacial score (nSPS) is 10.8. The molecule has 0 fully saturated rings. The van der Waals surface area contributed by atoms with Crippen LogP contribution in [0.1, 0.15) is 46.0 Å². The Balaban J connectivity index is 2.03. The molecule has 0 aromatic carbocycles. The van der Waals surface area contributed by atoms with Gasteiger partial charge in [-0.05, 0) is 24.5 Å². The van der Waals surface area contributed by atoms with E-state index in [4.69, 9.17) is 5.73 Å². The van der Waals surface area contributed by atoms with Crippen LogP contribution in [0.25, 0.3) is 0 Å². The molecule has 0 saturated heterocycles. The van der Waals surface area contributed by atoms with E-state index in [0.29, 0.717) is 5.82 Å². The molecule has 0 atom stereocenters. The Kier molecular flexibility index (Phi) is 6.45. The lowest BCUT2D eigenvalue weighted by Gasteiger charge is -2.08. The van der Waals surface area contributed by atoms with Gasteiger partial charge in [0.25, 0.3) is 0 Å². The summed E-state index contributed by atoms with van der Waals surface area (Å²) in [5.41, 5.74) is 6.70. The van der Waals surface area contributed by atoms with E-state index in [1.54, 1.807) is 6.20 Å². The maximum absolute atomic E-state index is 5.74. The lowest BCUT2D eigenvalue weighted by Crippen LogP contribution is -2.05. The number of hydrogen-bond acceptors (Lipinski definition) is 3. The topological polar surface area (TPSA) is 50.9 Å². The third-order valence-electron chi connectivity index (χ3n) is 2.86. The van der Waals surface area contributed by atoms with Crippen LogP contribution in [0.4, 0.5) is 11.5 Å². The maximum Gasteiger partial charge on any atom is 0.146 e. The summed E-state index contributed by atoms with van der Waals surface area (Å²) in [4.78, 5) is 4.04. The van der Waals surface area contributed by atoms with Gasteiger partial charge in [0.2, 0.25) is 0 Å². The van der Waals surface area contributed by atoms with E-state index in [2.05, 4.69) is 24.1 Å². The third-order valence-corrected chi connectivity index (χ3v) is 2.86. The van der Waals surface area contributed by atoms with Crippen LogP contribution in [0.15, 0.2) is 18.3 Å². The quantitative estimate of drug-likeness (QED) is 0.676. The first-order chi connectivity index (χ1) is 8.20. The molecule has 1 rings (SSSR count). The molecular weight excluding hydrogens is 210 g/mol. The molecule has 3 N–H and O–H groups in total. The average Bonchev–Trinajstić information content (AvgIpc) is 2.30. The molecule has 0 aliphatic carbocycles. The van der Waals surface area contributed by atoms with Gasteiger partial charge in [0.15, 0.2) is 0 Å². The molecule has 1 aromatic rings. The minimum Gasteiger partial charge on any atom is -0.382 e. The summed E-state index contributed by atoms with van der Waals surface area (Å²) >= 11 is 0. The van der Waals surface area contributed by atoms with Crippen molar-refractivity contribution in [1.82, 2.24) is 4.98 Å². The van der Waals surface area contributed by atoms with Gasteiger partial charge in [-0.2, -0.15) is 0 Å². The highest BCUT2D eigenvalue weighted by Gasteiger charge is 1.97. The molecule has 0 amide bonds. The average molecular weight is 235 g/mol. The number of hydrogen-bond donors (Lipinski definition) is 2. The molecule has 1 aromatic heterocycles. The molecule has 0 aliphatic rings. The molecule has 0 spiro atoms. The minimum atomic E-state index is 0.590. The fourth-order valence-electron chi connectivity index (χ4n) is 1.82. The number of nitrogens with one attached hydrogen (secondary N) is 1. The molecule has 1 heterocycles. The van der Waals surface area contributed by atoms with Crippen LogP contribution < -0.4 is 11.1 Å². The number of pyridine rings is 1. The lowest BCUT2D eigenvalue weighted by molar-refractivity contribution is 0.523. The first-order valence-electron chi connectivity index (χ1n) is 6.64. The molecule has 0 radical (unpaired) electrons. The van der Waals surface area contributed by atoms with E-state index in [0.717, 1.165) is 18.2 Å². The van der Waals surface area contributed by atoms with Crippen LogP contribution in [0.3, 0.4) is 0 Å². The Morgan fingerprint density at radius 3 is 2.71 bits per heavy atom. The molecule has 17 heavy (non-hydrogen) atoms. The van der Waals surface area contributed by atoms with Crippen LogP contribution in [0, 0.1) is 5.92 Å². The Hall–Kier alpha value is -1.25. The van der Waals surface area contributed by atoms with Crippen LogP contribution in [0.2, 0.25) is 0 Å². The molecule has 0 bridgehead atoms. The van der Waals surface area contributed by atoms with Crippen molar-refractivity contribution in [2.45, 2.75) is 46.0 Å². The Labute approximate surface area is 105 Å². The second-order valence-electron chi connectivity index (χ2n) is 4.96. The number of nitrogens with zero attached hydrogens (tertiary/aromatic N) is 1. The number of nitrogen functional groups attached to an aromatic ring is 1. The van der Waals surface area contributed by atoms with Crippen molar-refractivity contribution in [3.05, 3.63) is 18.3 Å². The highest BCUT2D eigenvalue weighted by molar-refractivity contribution is 5.60. The van der Waals surface area contributed by atoms with Gasteiger partial charge in [-0.15, -0.1) is 0 Å². The van der Waals surface area contributed by atoms with Crippen molar-refractivity contribution in [3.63, 3.8) is 0 Å². The molecule has 0 saturated carbocycles. The number of nitrogens with two attached hydrogens (primary N) is 1. The summed E-state index contributed by atoms with van der Waals surface area (Å²) in [5, 5.41) is 3.33. The van der Waals surface area contributed by atoms with Crippen molar-refractivity contribution in [2.75, 3.05) is 17.6 Å². The van der Waals surface area contributed by atoms with Gasteiger partial charge in [-0.3, -0.25) is 0 Å². The van der Waals surface area contributed by atoms with Gasteiger partial charge < -0.3 is 11.1 Å². The third kappa shape index (κ3) is 6.15. The first-order valence-corrected chi connectivity index (χ1v) is 6.64. The van der Waals surface area contributed by atoms with Gasteiger partial charge >= 0.3 is 0 Å². The number of unbranched alkanes of at least 4 members (excludes halogenated alkanes) is 3. The molecule has 3 heteroatoms. The van der Waals surface area contributed by atoms with E-state index in [1.165, 1.54) is 32.1 Å². The van der Waals surface area contributed by atoms with E-state index in [1.807, 2.05) is 12.1 Å².